The Hall–Kier alpha value is -2.13. The minimum Gasteiger partial charge on any atom is -0.459 e. The molecule has 0 amide bonds. The normalized spacial score (nSPS) is 20.3. The van der Waals surface area contributed by atoms with Crippen LogP contribution in [0.1, 0.15) is 86.0 Å². The zero-order valence-electron chi connectivity index (χ0n) is 17.2. The lowest BCUT2D eigenvalue weighted by atomic mass is 9.53. The van der Waals surface area contributed by atoms with Crippen molar-refractivity contribution >= 4 is 5.97 Å². The van der Waals surface area contributed by atoms with Gasteiger partial charge in [-0.25, -0.2) is 4.79 Å². The quantitative estimate of drug-likeness (QED) is 0.733. The fraction of sp³-hybridized carbons (Fsp3) is 0.458. The topological polar surface area (TPSA) is 46.5 Å². The highest BCUT2D eigenvalue weighted by Crippen LogP contribution is 2.57. The summed E-state index contributed by atoms with van der Waals surface area (Å²) < 4.78 is 5.55. The average Bonchev–Trinajstić information content (AvgIpc) is 2.65. The van der Waals surface area contributed by atoms with Crippen molar-refractivity contribution in [1.82, 2.24) is 0 Å². The lowest BCUT2D eigenvalue weighted by Crippen LogP contribution is -2.59. The van der Waals surface area contributed by atoms with Crippen LogP contribution in [0.15, 0.2) is 42.5 Å². The first kappa shape index (κ1) is 19.6. The van der Waals surface area contributed by atoms with Gasteiger partial charge in [0.2, 0.25) is 0 Å². The highest BCUT2D eigenvalue weighted by atomic mass is 16.5. The number of ether oxygens (including phenoxy) is 1. The molecular weight excluding hydrogens is 336 g/mol. The lowest BCUT2D eigenvalue weighted by Gasteiger charge is -2.55. The van der Waals surface area contributed by atoms with Crippen LogP contribution in [0.5, 0.6) is 0 Å². The third-order valence-corrected chi connectivity index (χ3v) is 6.02. The molecule has 0 radical (unpaired) electrons. The summed E-state index contributed by atoms with van der Waals surface area (Å²) in [6.07, 6.45) is 0. The summed E-state index contributed by atoms with van der Waals surface area (Å²) in [5.41, 5.74) is 3.37. The Labute approximate surface area is 162 Å². The Balaban J connectivity index is 1.96. The molecule has 3 nitrogen and oxygen atoms in total. The summed E-state index contributed by atoms with van der Waals surface area (Å²) in [5.74, 6) is 0.302. The summed E-state index contributed by atoms with van der Waals surface area (Å²) >= 11 is 0. The van der Waals surface area contributed by atoms with Crippen LogP contribution in [0.2, 0.25) is 0 Å². The van der Waals surface area contributed by atoms with E-state index >= 15 is 0 Å². The van der Waals surface area contributed by atoms with Crippen LogP contribution in [0.25, 0.3) is 0 Å². The molecule has 1 aliphatic rings. The second-order valence-corrected chi connectivity index (χ2v) is 8.77. The molecule has 1 atom stereocenters. The minimum absolute atomic E-state index is 0.0402. The van der Waals surface area contributed by atoms with Crippen molar-refractivity contribution < 1.29 is 14.6 Å². The molecule has 3 rings (SSSR count). The molecule has 0 saturated carbocycles. The number of hydrogen-bond donors (Lipinski definition) is 1. The molecule has 27 heavy (non-hydrogen) atoms. The third kappa shape index (κ3) is 3.08. The zero-order chi connectivity index (χ0) is 20.0. The van der Waals surface area contributed by atoms with E-state index in [9.17, 15) is 9.90 Å². The SMILES string of the molecule is CC(C)c1cc(C(C)C)c2c(c1)C(C)(C)C2(O)COC(=O)c1ccccc1. The number of carbonyl (C=O) groups excluding carboxylic acids is 1. The summed E-state index contributed by atoms with van der Waals surface area (Å²) in [6, 6.07) is 13.3. The first-order valence-electron chi connectivity index (χ1n) is 9.73. The summed E-state index contributed by atoms with van der Waals surface area (Å²) in [4.78, 5) is 12.4. The van der Waals surface area contributed by atoms with Crippen molar-refractivity contribution in [3.05, 3.63) is 70.3 Å². The van der Waals surface area contributed by atoms with Crippen molar-refractivity contribution in [3.63, 3.8) is 0 Å². The van der Waals surface area contributed by atoms with Crippen LogP contribution < -0.4 is 0 Å². The van der Waals surface area contributed by atoms with Gasteiger partial charge in [0.05, 0.1) is 5.56 Å². The Morgan fingerprint density at radius 3 is 2.22 bits per heavy atom. The molecule has 3 heteroatoms. The van der Waals surface area contributed by atoms with Gasteiger partial charge in [-0.2, -0.15) is 0 Å². The Bertz CT molecular complexity index is 832. The fourth-order valence-corrected chi connectivity index (χ4v) is 3.98. The number of fused-ring (bicyclic) bond motifs is 1. The van der Waals surface area contributed by atoms with Crippen LogP contribution in [0.4, 0.5) is 0 Å². The second kappa shape index (κ2) is 6.79. The van der Waals surface area contributed by atoms with E-state index in [1.165, 1.54) is 5.56 Å². The predicted octanol–water partition coefficient (Wildman–Crippen LogP) is 5.27. The van der Waals surface area contributed by atoms with Gasteiger partial charge in [-0.05, 0) is 46.2 Å². The van der Waals surface area contributed by atoms with Crippen LogP contribution >= 0.6 is 0 Å². The van der Waals surface area contributed by atoms with Crippen LogP contribution in [0.3, 0.4) is 0 Å². The zero-order valence-corrected chi connectivity index (χ0v) is 17.2. The van der Waals surface area contributed by atoms with E-state index in [2.05, 4.69) is 39.8 Å². The highest BCUT2D eigenvalue weighted by Gasteiger charge is 2.59. The molecule has 0 heterocycles. The fourth-order valence-electron chi connectivity index (χ4n) is 3.98. The monoisotopic (exact) mass is 366 g/mol. The average molecular weight is 367 g/mol. The number of carbonyl (C=O) groups is 1. The van der Waals surface area contributed by atoms with Gasteiger partial charge >= 0.3 is 5.97 Å². The number of benzene rings is 2. The standard InChI is InChI=1S/C24H30O3/c1-15(2)18-12-19(16(3)4)21-20(13-18)23(5,6)24(21,26)14-27-22(25)17-10-8-7-9-11-17/h7-13,15-16,26H,14H2,1-6H3. The maximum atomic E-state index is 12.4. The molecule has 0 bridgehead atoms. The first-order valence-corrected chi connectivity index (χ1v) is 9.73. The Morgan fingerprint density at radius 1 is 1.04 bits per heavy atom. The molecule has 144 valence electrons. The number of esters is 1. The molecule has 1 aliphatic carbocycles. The molecule has 1 unspecified atom stereocenters. The first-order chi connectivity index (χ1) is 12.6. The largest absolute Gasteiger partial charge is 0.459 e. The van der Waals surface area contributed by atoms with Crippen molar-refractivity contribution in [1.29, 1.82) is 0 Å². The van der Waals surface area contributed by atoms with Gasteiger partial charge in [-0.15, -0.1) is 0 Å². The van der Waals surface area contributed by atoms with Gasteiger partial charge in [-0.1, -0.05) is 71.9 Å². The van der Waals surface area contributed by atoms with E-state index < -0.39 is 17.0 Å². The van der Waals surface area contributed by atoms with Crippen LogP contribution in [-0.4, -0.2) is 17.7 Å². The van der Waals surface area contributed by atoms with Gasteiger partial charge in [0.15, 0.2) is 0 Å². The third-order valence-electron chi connectivity index (χ3n) is 6.02. The van der Waals surface area contributed by atoms with E-state index in [0.29, 0.717) is 11.5 Å². The van der Waals surface area contributed by atoms with Gasteiger partial charge in [0.25, 0.3) is 0 Å². The Kier molecular flexibility index (Phi) is 4.94. The molecule has 0 saturated heterocycles. The number of hydrogen-bond acceptors (Lipinski definition) is 3. The molecule has 1 N–H and O–H groups in total. The van der Waals surface area contributed by atoms with Crippen molar-refractivity contribution in [2.45, 2.75) is 64.4 Å². The molecule has 2 aromatic carbocycles. The number of rotatable bonds is 5. The molecule has 0 aliphatic heterocycles. The molecule has 0 spiro atoms. The molecule has 0 fully saturated rings. The van der Waals surface area contributed by atoms with E-state index in [1.54, 1.807) is 24.3 Å². The summed E-state index contributed by atoms with van der Waals surface area (Å²) in [7, 11) is 0. The molecule has 0 aromatic heterocycles. The number of aliphatic hydroxyl groups is 1. The van der Waals surface area contributed by atoms with E-state index in [1.807, 2.05) is 19.9 Å². The molecule has 2 aromatic rings. The summed E-state index contributed by atoms with van der Waals surface area (Å²) in [6.45, 7) is 12.7. The molecular formula is C24H30O3. The predicted molar refractivity (Wildman–Crippen MR) is 108 cm³/mol. The highest BCUT2D eigenvalue weighted by molar-refractivity contribution is 5.89. The van der Waals surface area contributed by atoms with Crippen molar-refractivity contribution in [2.75, 3.05) is 6.61 Å². The smallest absolute Gasteiger partial charge is 0.338 e. The van der Waals surface area contributed by atoms with Gasteiger partial charge in [0, 0.05) is 5.41 Å². The maximum Gasteiger partial charge on any atom is 0.338 e. The van der Waals surface area contributed by atoms with E-state index in [0.717, 1.165) is 16.7 Å². The van der Waals surface area contributed by atoms with Crippen molar-refractivity contribution in [3.8, 4) is 0 Å². The minimum atomic E-state index is -1.18. The lowest BCUT2D eigenvalue weighted by molar-refractivity contribution is -0.107. The van der Waals surface area contributed by atoms with Crippen LogP contribution in [-0.2, 0) is 15.8 Å². The van der Waals surface area contributed by atoms with E-state index in [-0.39, 0.29) is 12.5 Å². The van der Waals surface area contributed by atoms with Gasteiger partial charge in [0.1, 0.15) is 12.2 Å². The van der Waals surface area contributed by atoms with Crippen LogP contribution in [0, 0.1) is 0 Å². The van der Waals surface area contributed by atoms with Crippen molar-refractivity contribution in [2.24, 2.45) is 0 Å². The van der Waals surface area contributed by atoms with Gasteiger partial charge < -0.3 is 9.84 Å². The van der Waals surface area contributed by atoms with Gasteiger partial charge in [-0.3, -0.25) is 0 Å². The Morgan fingerprint density at radius 2 is 1.67 bits per heavy atom. The van der Waals surface area contributed by atoms with E-state index in [4.69, 9.17) is 4.74 Å². The second-order valence-electron chi connectivity index (χ2n) is 8.77. The summed E-state index contributed by atoms with van der Waals surface area (Å²) in [5, 5.41) is 11.6. The maximum absolute atomic E-state index is 12.4.